The molecule has 1 N–H and O–H groups in total. The average Bonchev–Trinajstić information content (AvgIpc) is 2.36. The van der Waals surface area contributed by atoms with Gasteiger partial charge < -0.3 is 15.0 Å². The van der Waals surface area contributed by atoms with Gasteiger partial charge in [-0.2, -0.15) is 0 Å². The van der Waals surface area contributed by atoms with Gasteiger partial charge in [-0.1, -0.05) is 12.1 Å². The standard InChI is InChI=1S/C13H20N2O2S/c1-15(9-10-17-2)8-7-14-13(16)11-5-3-4-6-12(11)18/h3-6,18H,7-10H2,1-2H3,(H,14,16). The Hall–Kier alpha value is -1.04. The molecule has 0 radical (unpaired) electrons. The summed E-state index contributed by atoms with van der Waals surface area (Å²) < 4.78 is 4.99. The zero-order valence-electron chi connectivity index (χ0n) is 10.8. The third kappa shape index (κ3) is 5.08. The van der Waals surface area contributed by atoms with Crippen molar-refractivity contribution in [2.45, 2.75) is 4.90 Å². The molecule has 0 fully saturated rings. The van der Waals surface area contributed by atoms with Crippen LogP contribution in [0.15, 0.2) is 29.2 Å². The van der Waals surface area contributed by atoms with Crippen molar-refractivity contribution < 1.29 is 9.53 Å². The molecule has 1 rings (SSSR count). The first-order chi connectivity index (χ1) is 8.65. The number of benzene rings is 1. The van der Waals surface area contributed by atoms with Crippen LogP contribution in [-0.4, -0.2) is 51.2 Å². The zero-order valence-corrected chi connectivity index (χ0v) is 11.7. The maximum Gasteiger partial charge on any atom is 0.252 e. The molecular formula is C13H20N2O2S. The van der Waals surface area contributed by atoms with Gasteiger partial charge in [0.25, 0.3) is 5.91 Å². The van der Waals surface area contributed by atoms with Crippen LogP contribution in [0.25, 0.3) is 0 Å². The molecule has 1 amide bonds. The normalized spacial score (nSPS) is 10.7. The summed E-state index contributed by atoms with van der Waals surface area (Å²) >= 11 is 4.26. The second-order valence-corrected chi connectivity index (χ2v) is 4.55. The van der Waals surface area contributed by atoms with Gasteiger partial charge in [0.1, 0.15) is 0 Å². The highest BCUT2D eigenvalue weighted by Crippen LogP contribution is 2.12. The number of hydrogen-bond acceptors (Lipinski definition) is 4. The molecule has 0 aliphatic rings. The molecule has 0 aliphatic carbocycles. The maximum atomic E-state index is 11.9. The highest BCUT2D eigenvalue weighted by Gasteiger charge is 2.08. The number of ether oxygens (including phenoxy) is 1. The summed E-state index contributed by atoms with van der Waals surface area (Å²) in [7, 11) is 3.68. The quantitative estimate of drug-likeness (QED) is 0.732. The lowest BCUT2D eigenvalue weighted by Gasteiger charge is -2.16. The van der Waals surface area contributed by atoms with Gasteiger partial charge in [0.15, 0.2) is 0 Å². The SMILES string of the molecule is COCCN(C)CCNC(=O)c1ccccc1S. The highest BCUT2D eigenvalue weighted by atomic mass is 32.1. The van der Waals surface area contributed by atoms with E-state index >= 15 is 0 Å². The smallest absolute Gasteiger partial charge is 0.252 e. The molecule has 4 nitrogen and oxygen atoms in total. The molecule has 0 unspecified atom stereocenters. The van der Waals surface area contributed by atoms with E-state index in [1.54, 1.807) is 13.2 Å². The molecule has 1 aromatic carbocycles. The van der Waals surface area contributed by atoms with E-state index in [0.717, 1.165) is 13.1 Å². The Labute approximate surface area is 114 Å². The minimum Gasteiger partial charge on any atom is -0.383 e. The van der Waals surface area contributed by atoms with Crippen LogP contribution in [0.2, 0.25) is 0 Å². The van der Waals surface area contributed by atoms with Crippen LogP contribution in [0.1, 0.15) is 10.4 Å². The summed E-state index contributed by atoms with van der Waals surface area (Å²) in [4.78, 5) is 14.7. The molecule has 18 heavy (non-hydrogen) atoms. The van der Waals surface area contributed by atoms with Crippen molar-refractivity contribution in [3.63, 3.8) is 0 Å². The van der Waals surface area contributed by atoms with Crippen molar-refractivity contribution in [3.8, 4) is 0 Å². The van der Waals surface area contributed by atoms with Crippen molar-refractivity contribution in [2.24, 2.45) is 0 Å². The van der Waals surface area contributed by atoms with Gasteiger partial charge >= 0.3 is 0 Å². The number of carbonyl (C=O) groups excluding carboxylic acids is 1. The predicted octanol–water partition coefficient (Wildman–Crippen LogP) is 1.28. The fourth-order valence-electron chi connectivity index (χ4n) is 1.48. The van der Waals surface area contributed by atoms with Crippen LogP contribution in [-0.2, 0) is 4.74 Å². The van der Waals surface area contributed by atoms with Crippen molar-refractivity contribution >= 4 is 18.5 Å². The second-order valence-electron chi connectivity index (χ2n) is 4.07. The average molecular weight is 268 g/mol. The van der Waals surface area contributed by atoms with E-state index in [2.05, 4.69) is 22.8 Å². The summed E-state index contributed by atoms with van der Waals surface area (Å²) in [6.07, 6.45) is 0. The minimum absolute atomic E-state index is 0.0826. The van der Waals surface area contributed by atoms with Gasteiger partial charge in [0.05, 0.1) is 12.2 Å². The number of carbonyl (C=O) groups is 1. The van der Waals surface area contributed by atoms with Crippen molar-refractivity contribution in [1.29, 1.82) is 0 Å². The number of amides is 1. The van der Waals surface area contributed by atoms with Crippen LogP contribution in [0.5, 0.6) is 0 Å². The van der Waals surface area contributed by atoms with Crippen molar-refractivity contribution in [3.05, 3.63) is 29.8 Å². The molecule has 0 aromatic heterocycles. The molecule has 0 aliphatic heterocycles. The molecule has 0 spiro atoms. The maximum absolute atomic E-state index is 11.9. The lowest BCUT2D eigenvalue weighted by molar-refractivity contribution is 0.0944. The third-order valence-electron chi connectivity index (χ3n) is 2.60. The highest BCUT2D eigenvalue weighted by molar-refractivity contribution is 7.80. The molecule has 5 heteroatoms. The van der Waals surface area contributed by atoms with Crippen LogP contribution in [0, 0.1) is 0 Å². The van der Waals surface area contributed by atoms with E-state index in [9.17, 15) is 4.79 Å². The van der Waals surface area contributed by atoms with E-state index in [1.165, 1.54) is 0 Å². The first kappa shape index (κ1) is 15.0. The number of rotatable bonds is 7. The Balaban J connectivity index is 2.32. The molecule has 0 bridgehead atoms. The van der Waals surface area contributed by atoms with Gasteiger partial charge in [0.2, 0.25) is 0 Å². The number of methoxy groups -OCH3 is 1. The Morgan fingerprint density at radius 3 is 2.78 bits per heavy atom. The molecule has 100 valence electrons. The summed E-state index contributed by atoms with van der Waals surface area (Å²) in [5.41, 5.74) is 0.611. The van der Waals surface area contributed by atoms with E-state index in [-0.39, 0.29) is 5.91 Å². The molecule has 0 saturated carbocycles. The summed E-state index contributed by atoms with van der Waals surface area (Å²) in [6.45, 7) is 2.96. The minimum atomic E-state index is -0.0826. The summed E-state index contributed by atoms with van der Waals surface area (Å²) in [5.74, 6) is -0.0826. The first-order valence-electron chi connectivity index (χ1n) is 5.89. The van der Waals surface area contributed by atoms with Crippen molar-refractivity contribution in [2.75, 3.05) is 40.4 Å². The van der Waals surface area contributed by atoms with E-state index in [4.69, 9.17) is 4.74 Å². The number of nitrogens with zero attached hydrogens (tertiary/aromatic N) is 1. The molecule has 0 saturated heterocycles. The topological polar surface area (TPSA) is 41.6 Å². The first-order valence-corrected chi connectivity index (χ1v) is 6.33. The fourth-order valence-corrected chi connectivity index (χ4v) is 1.74. The number of hydrogen-bond donors (Lipinski definition) is 2. The van der Waals surface area contributed by atoms with Crippen LogP contribution in [0.3, 0.4) is 0 Å². The van der Waals surface area contributed by atoms with Gasteiger partial charge in [-0.25, -0.2) is 0 Å². The van der Waals surface area contributed by atoms with Crippen LogP contribution >= 0.6 is 12.6 Å². The van der Waals surface area contributed by atoms with Gasteiger partial charge in [0, 0.05) is 31.6 Å². The van der Waals surface area contributed by atoms with Crippen molar-refractivity contribution in [1.82, 2.24) is 10.2 Å². The van der Waals surface area contributed by atoms with Gasteiger partial charge in [-0.05, 0) is 19.2 Å². The summed E-state index contributed by atoms with van der Waals surface area (Å²) in [5, 5.41) is 2.88. The lowest BCUT2D eigenvalue weighted by Crippen LogP contribution is -2.34. The fraction of sp³-hybridized carbons (Fsp3) is 0.462. The lowest BCUT2D eigenvalue weighted by atomic mass is 10.2. The second kappa shape index (κ2) is 8.13. The molecular weight excluding hydrogens is 248 g/mol. The Bertz CT molecular complexity index is 385. The number of likely N-dealkylation sites (N-methyl/N-ethyl adjacent to an activating group) is 1. The van der Waals surface area contributed by atoms with E-state index < -0.39 is 0 Å². The van der Waals surface area contributed by atoms with Gasteiger partial charge in [-0.15, -0.1) is 12.6 Å². The Morgan fingerprint density at radius 1 is 1.39 bits per heavy atom. The Kier molecular flexibility index (Phi) is 6.78. The predicted molar refractivity (Wildman–Crippen MR) is 75.4 cm³/mol. The molecule has 0 atom stereocenters. The summed E-state index contributed by atoms with van der Waals surface area (Å²) in [6, 6.07) is 7.27. The van der Waals surface area contributed by atoms with Crippen LogP contribution in [0.4, 0.5) is 0 Å². The Morgan fingerprint density at radius 2 is 2.11 bits per heavy atom. The largest absolute Gasteiger partial charge is 0.383 e. The van der Waals surface area contributed by atoms with Crippen LogP contribution < -0.4 is 5.32 Å². The van der Waals surface area contributed by atoms with E-state index in [0.29, 0.717) is 23.6 Å². The zero-order chi connectivity index (χ0) is 13.4. The number of thiol groups is 1. The van der Waals surface area contributed by atoms with Gasteiger partial charge in [-0.3, -0.25) is 4.79 Å². The number of nitrogens with one attached hydrogen (secondary N) is 1. The third-order valence-corrected chi connectivity index (χ3v) is 2.99. The monoisotopic (exact) mass is 268 g/mol. The molecule has 1 aromatic rings. The molecule has 0 heterocycles. The van der Waals surface area contributed by atoms with E-state index in [1.807, 2.05) is 25.2 Å².